The summed E-state index contributed by atoms with van der Waals surface area (Å²) in [5.74, 6) is 0.550. The van der Waals surface area contributed by atoms with Gasteiger partial charge in [0.05, 0.1) is 30.0 Å². The molecule has 0 aliphatic heterocycles. The average molecular weight is 618 g/mol. The highest BCUT2D eigenvalue weighted by molar-refractivity contribution is 6.74. The predicted molar refractivity (Wildman–Crippen MR) is 183 cm³/mol. The van der Waals surface area contributed by atoms with Gasteiger partial charge < -0.3 is 4.43 Å². The van der Waals surface area contributed by atoms with Crippen molar-refractivity contribution in [1.82, 2.24) is 19.2 Å². The number of aryl methyl sites for hydroxylation is 1. The zero-order chi connectivity index (χ0) is 32.4. The first-order valence-corrected chi connectivity index (χ1v) is 18.6. The number of nitriles is 1. The fourth-order valence-corrected chi connectivity index (χ4v) is 6.90. The molecule has 5 aromatic rings. The standard InChI is InChI=1S/C37H43N5O2Si/c1-8-11-34-33(22-27-14-20-30(21-15-27)32-13-10-9-12-31(32)23-38)35(43)41(36-39-25-40-42(34)36)24-28-16-18-29(19-17-28)26(2)44-45(6,7)37(3,4)5/h9-10,12-21,25-26H,8,11,22,24H2,1-7H3. The number of fused-ring (bicyclic) bond motifs is 1. The van der Waals surface area contributed by atoms with E-state index in [0.717, 1.165) is 51.9 Å². The van der Waals surface area contributed by atoms with Crippen LogP contribution in [0, 0.1) is 11.3 Å². The molecule has 0 bridgehead atoms. The molecule has 5 rings (SSSR count). The number of hydrogen-bond donors (Lipinski definition) is 0. The van der Waals surface area contributed by atoms with Crippen molar-refractivity contribution in [3.63, 3.8) is 0 Å². The van der Waals surface area contributed by atoms with Gasteiger partial charge >= 0.3 is 0 Å². The van der Waals surface area contributed by atoms with Crippen LogP contribution in [0.4, 0.5) is 0 Å². The van der Waals surface area contributed by atoms with Gasteiger partial charge in [0.15, 0.2) is 8.32 Å². The Balaban J connectivity index is 1.46. The SMILES string of the molecule is CCCc1c(Cc2ccc(-c3ccccc3C#N)cc2)c(=O)n(Cc2ccc(C(C)O[Si](C)(C)C(C)(C)C)cc2)c2ncnn12. The molecule has 1 unspecified atom stereocenters. The Bertz CT molecular complexity index is 1890. The lowest BCUT2D eigenvalue weighted by atomic mass is 9.97. The molecule has 0 amide bonds. The molecular formula is C37H43N5O2Si. The van der Waals surface area contributed by atoms with Crippen molar-refractivity contribution in [3.8, 4) is 17.2 Å². The van der Waals surface area contributed by atoms with Crippen LogP contribution >= 0.6 is 0 Å². The Morgan fingerprint density at radius 1 is 0.978 bits per heavy atom. The molecule has 232 valence electrons. The molecule has 45 heavy (non-hydrogen) atoms. The van der Waals surface area contributed by atoms with E-state index in [-0.39, 0.29) is 16.7 Å². The Morgan fingerprint density at radius 3 is 2.29 bits per heavy atom. The number of hydrogen-bond acceptors (Lipinski definition) is 5. The summed E-state index contributed by atoms with van der Waals surface area (Å²) in [5, 5.41) is 14.2. The first-order valence-electron chi connectivity index (χ1n) is 15.7. The molecule has 0 N–H and O–H groups in total. The molecular weight excluding hydrogens is 575 g/mol. The van der Waals surface area contributed by atoms with Crippen molar-refractivity contribution >= 4 is 14.1 Å². The van der Waals surface area contributed by atoms with E-state index in [2.05, 4.69) is 88.1 Å². The highest BCUT2D eigenvalue weighted by atomic mass is 28.4. The summed E-state index contributed by atoms with van der Waals surface area (Å²) in [4.78, 5) is 18.7. The van der Waals surface area contributed by atoms with Crippen LogP contribution in [0.15, 0.2) is 83.9 Å². The van der Waals surface area contributed by atoms with E-state index in [9.17, 15) is 10.1 Å². The van der Waals surface area contributed by atoms with Crippen molar-refractivity contribution in [2.24, 2.45) is 0 Å². The molecule has 0 aliphatic carbocycles. The highest BCUT2D eigenvalue weighted by Crippen LogP contribution is 2.39. The molecule has 0 spiro atoms. The van der Waals surface area contributed by atoms with Gasteiger partial charge in [-0.15, -0.1) is 0 Å². The maximum atomic E-state index is 14.2. The van der Waals surface area contributed by atoms with Crippen molar-refractivity contribution in [3.05, 3.63) is 123 Å². The summed E-state index contributed by atoms with van der Waals surface area (Å²) in [6.07, 6.45) is 3.60. The topological polar surface area (TPSA) is 85.2 Å². The van der Waals surface area contributed by atoms with Crippen molar-refractivity contribution in [1.29, 1.82) is 5.26 Å². The normalized spacial score (nSPS) is 12.8. The van der Waals surface area contributed by atoms with Crippen molar-refractivity contribution in [2.45, 2.75) is 84.7 Å². The van der Waals surface area contributed by atoms with E-state index in [0.29, 0.717) is 24.3 Å². The molecule has 1 atom stereocenters. The summed E-state index contributed by atoms with van der Waals surface area (Å²) in [6, 6.07) is 26.4. The van der Waals surface area contributed by atoms with E-state index in [1.807, 2.05) is 53.0 Å². The molecule has 0 fully saturated rings. The number of aromatic nitrogens is 4. The van der Waals surface area contributed by atoms with E-state index in [1.165, 1.54) is 6.33 Å². The van der Waals surface area contributed by atoms with Crippen LogP contribution in [0.3, 0.4) is 0 Å². The zero-order valence-electron chi connectivity index (χ0n) is 27.5. The van der Waals surface area contributed by atoms with Crippen LogP contribution in [-0.2, 0) is 23.8 Å². The zero-order valence-corrected chi connectivity index (χ0v) is 28.5. The second kappa shape index (κ2) is 13.0. The Hall–Kier alpha value is -4.32. The summed E-state index contributed by atoms with van der Waals surface area (Å²) in [7, 11) is -1.91. The number of benzene rings is 3. The molecule has 0 saturated heterocycles. The summed E-state index contributed by atoms with van der Waals surface area (Å²) < 4.78 is 10.2. The maximum Gasteiger partial charge on any atom is 0.259 e. The van der Waals surface area contributed by atoms with E-state index in [1.54, 1.807) is 4.57 Å². The van der Waals surface area contributed by atoms with Gasteiger partial charge in [0.2, 0.25) is 5.78 Å². The van der Waals surface area contributed by atoms with Gasteiger partial charge in [-0.1, -0.05) is 101 Å². The molecule has 2 aromatic heterocycles. The first-order chi connectivity index (χ1) is 21.4. The van der Waals surface area contributed by atoms with Gasteiger partial charge in [-0.3, -0.25) is 9.36 Å². The fourth-order valence-electron chi connectivity index (χ4n) is 5.53. The molecule has 0 saturated carbocycles. The van der Waals surface area contributed by atoms with Crippen LogP contribution in [0.1, 0.15) is 80.7 Å². The van der Waals surface area contributed by atoms with Crippen LogP contribution in [0.25, 0.3) is 16.9 Å². The fraction of sp³-hybridized carbons (Fsp3) is 0.351. The van der Waals surface area contributed by atoms with Crippen LogP contribution in [-0.4, -0.2) is 27.5 Å². The first kappa shape index (κ1) is 32.1. The third kappa shape index (κ3) is 6.70. The van der Waals surface area contributed by atoms with E-state index < -0.39 is 8.32 Å². The Morgan fingerprint density at radius 2 is 1.64 bits per heavy atom. The molecule has 3 aromatic carbocycles. The monoisotopic (exact) mass is 617 g/mol. The van der Waals surface area contributed by atoms with Gasteiger partial charge in [-0.2, -0.15) is 15.3 Å². The second-order valence-electron chi connectivity index (χ2n) is 13.3. The van der Waals surface area contributed by atoms with Gasteiger partial charge in [-0.05, 0) is 65.4 Å². The van der Waals surface area contributed by atoms with Gasteiger partial charge in [0, 0.05) is 12.0 Å². The quantitative estimate of drug-likeness (QED) is 0.148. The van der Waals surface area contributed by atoms with Crippen LogP contribution in [0.2, 0.25) is 18.1 Å². The third-order valence-corrected chi connectivity index (χ3v) is 13.7. The van der Waals surface area contributed by atoms with Crippen molar-refractivity contribution < 1.29 is 4.43 Å². The minimum atomic E-state index is -1.91. The lowest BCUT2D eigenvalue weighted by molar-refractivity contribution is 0.203. The van der Waals surface area contributed by atoms with Gasteiger partial charge in [-0.25, -0.2) is 4.52 Å². The molecule has 0 radical (unpaired) electrons. The largest absolute Gasteiger partial charge is 0.410 e. The summed E-state index contributed by atoms with van der Waals surface area (Å²) in [5.41, 5.74) is 7.26. The van der Waals surface area contributed by atoms with Gasteiger partial charge in [0.25, 0.3) is 5.56 Å². The maximum absolute atomic E-state index is 14.2. The van der Waals surface area contributed by atoms with Gasteiger partial charge in [0.1, 0.15) is 6.33 Å². The molecule has 7 nitrogen and oxygen atoms in total. The van der Waals surface area contributed by atoms with E-state index in [4.69, 9.17) is 4.43 Å². The summed E-state index contributed by atoms with van der Waals surface area (Å²) >= 11 is 0. The molecule has 2 heterocycles. The third-order valence-electron chi connectivity index (χ3n) is 9.13. The van der Waals surface area contributed by atoms with Crippen LogP contribution in [0.5, 0.6) is 0 Å². The smallest absolute Gasteiger partial charge is 0.259 e. The Kier molecular flexibility index (Phi) is 9.24. The van der Waals surface area contributed by atoms with E-state index >= 15 is 0 Å². The average Bonchev–Trinajstić information content (AvgIpc) is 3.50. The summed E-state index contributed by atoms with van der Waals surface area (Å²) in [6.45, 7) is 15.9. The molecule has 0 aliphatic rings. The minimum absolute atomic E-state index is 0.00873. The van der Waals surface area contributed by atoms with Crippen molar-refractivity contribution in [2.75, 3.05) is 0 Å². The minimum Gasteiger partial charge on any atom is -0.410 e. The second-order valence-corrected chi connectivity index (χ2v) is 18.1. The highest BCUT2D eigenvalue weighted by Gasteiger charge is 2.38. The molecule has 8 heteroatoms. The lowest BCUT2D eigenvalue weighted by Gasteiger charge is -2.38. The lowest BCUT2D eigenvalue weighted by Crippen LogP contribution is -2.41. The Labute approximate surface area is 267 Å². The number of rotatable bonds is 10. The van der Waals surface area contributed by atoms with Crippen LogP contribution < -0.4 is 5.56 Å². The number of nitrogens with zero attached hydrogens (tertiary/aromatic N) is 5. The predicted octanol–water partition coefficient (Wildman–Crippen LogP) is 8.10.